The molecule has 3 rings (SSSR count). The van der Waals surface area contributed by atoms with Gasteiger partial charge in [-0.3, -0.25) is 9.25 Å². The molecule has 104 valence electrons. The molecule has 0 bridgehead atoms. The largest absolute Gasteiger partial charge is 0.369 e. The third kappa shape index (κ3) is 2.00. The van der Waals surface area contributed by atoms with E-state index < -0.39 is 0 Å². The van der Waals surface area contributed by atoms with Crippen molar-refractivity contribution in [1.82, 2.24) is 24.2 Å². The molecule has 0 aromatic carbocycles. The Labute approximate surface area is 113 Å². The third-order valence-corrected chi connectivity index (χ3v) is 4.18. The summed E-state index contributed by atoms with van der Waals surface area (Å²) in [4.78, 5) is 6.95. The second-order valence-electron chi connectivity index (χ2n) is 5.51. The van der Waals surface area contributed by atoms with Crippen molar-refractivity contribution >= 4 is 17.1 Å². The molecule has 3 heterocycles. The Balaban J connectivity index is 1.90. The van der Waals surface area contributed by atoms with Crippen LogP contribution in [0.15, 0.2) is 0 Å². The van der Waals surface area contributed by atoms with Crippen LogP contribution in [0, 0.1) is 12.8 Å². The lowest BCUT2D eigenvalue weighted by molar-refractivity contribution is 0.333. The number of nitrogens with zero attached hydrogens (tertiary/aromatic N) is 5. The normalized spacial score (nSPS) is 20.7. The fourth-order valence-corrected chi connectivity index (χ4v) is 3.14. The first-order valence-corrected chi connectivity index (χ1v) is 6.97. The molecule has 0 spiro atoms. The Bertz CT molecular complexity index is 596. The number of nitrogen functional groups attached to an aromatic ring is 1. The van der Waals surface area contributed by atoms with Gasteiger partial charge >= 0.3 is 0 Å². The van der Waals surface area contributed by atoms with Crippen molar-refractivity contribution < 1.29 is 0 Å². The van der Waals surface area contributed by atoms with E-state index in [0.29, 0.717) is 11.9 Å². The molecule has 6 nitrogen and oxygen atoms in total. The number of rotatable bonds is 3. The number of hydrogen-bond donors (Lipinski definition) is 1. The van der Waals surface area contributed by atoms with Gasteiger partial charge in [-0.2, -0.15) is 5.10 Å². The summed E-state index contributed by atoms with van der Waals surface area (Å²) >= 11 is 0. The number of nitrogens with two attached hydrogens (primary N) is 1. The predicted octanol–water partition coefficient (Wildman–Crippen LogP) is 1.00. The fraction of sp³-hybridized carbons (Fsp3) is 0.692. The molecule has 1 unspecified atom stereocenters. The van der Waals surface area contributed by atoms with E-state index in [1.165, 1.54) is 13.0 Å². The van der Waals surface area contributed by atoms with Crippen LogP contribution in [-0.2, 0) is 13.6 Å². The average Bonchev–Trinajstić information content (AvgIpc) is 3.01. The van der Waals surface area contributed by atoms with Gasteiger partial charge in [-0.15, -0.1) is 0 Å². The molecule has 6 heteroatoms. The van der Waals surface area contributed by atoms with Gasteiger partial charge in [-0.25, -0.2) is 4.98 Å². The van der Waals surface area contributed by atoms with Crippen molar-refractivity contribution in [2.24, 2.45) is 13.0 Å². The molecule has 1 atom stereocenters. The zero-order chi connectivity index (χ0) is 13.6. The van der Waals surface area contributed by atoms with Gasteiger partial charge in [0.05, 0.1) is 5.69 Å². The Kier molecular flexibility index (Phi) is 2.97. The smallest absolute Gasteiger partial charge is 0.202 e. The van der Waals surface area contributed by atoms with Gasteiger partial charge in [0.15, 0.2) is 5.65 Å². The zero-order valence-corrected chi connectivity index (χ0v) is 11.9. The summed E-state index contributed by atoms with van der Waals surface area (Å²) in [5.74, 6) is 1.27. The minimum Gasteiger partial charge on any atom is -0.369 e. The molecular weight excluding hydrogens is 240 g/mol. The molecule has 0 aliphatic carbocycles. The molecule has 1 aliphatic rings. The van der Waals surface area contributed by atoms with Crippen LogP contribution in [0.5, 0.6) is 0 Å². The Morgan fingerprint density at radius 2 is 2.21 bits per heavy atom. The van der Waals surface area contributed by atoms with Gasteiger partial charge < -0.3 is 10.6 Å². The fourth-order valence-electron chi connectivity index (χ4n) is 3.14. The molecule has 19 heavy (non-hydrogen) atoms. The Morgan fingerprint density at radius 3 is 2.89 bits per heavy atom. The standard InChI is InChI=1S/C13H22N6/c1-4-18-6-5-10(7-18)8-19-12-11(15-13(19)14)9(2)16-17(12)3/h10H,4-8H2,1-3H3,(H2,14,15). The van der Waals surface area contributed by atoms with Crippen LogP contribution in [0.3, 0.4) is 0 Å². The lowest BCUT2D eigenvalue weighted by Gasteiger charge is -2.14. The maximum Gasteiger partial charge on any atom is 0.202 e. The first-order valence-electron chi connectivity index (χ1n) is 6.97. The van der Waals surface area contributed by atoms with Crippen LogP contribution < -0.4 is 5.73 Å². The first kappa shape index (κ1) is 12.5. The second-order valence-corrected chi connectivity index (χ2v) is 5.51. The van der Waals surface area contributed by atoms with Gasteiger partial charge in [-0.1, -0.05) is 6.92 Å². The highest BCUT2D eigenvalue weighted by Gasteiger charge is 2.24. The summed E-state index contributed by atoms with van der Waals surface area (Å²) in [5.41, 5.74) is 9.01. The molecule has 2 N–H and O–H groups in total. The van der Waals surface area contributed by atoms with Gasteiger partial charge in [0.2, 0.25) is 5.95 Å². The van der Waals surface area contributed by atoms with E-state index in [1.54, 1.807) is 0 Å². The number of aryl methyl sites for hydroxylation is 2. The third-order valence-electron chi connectivity index (χ3n) is 4.18. The highest BCUT2D eigenvalue weighted by molar-refractivity contribution is 5.77. The summed E-state index contributed by atoms with van der Waals surface area (Å²) in [6.45, 7) is 8.63. The molecule has 1 aliphatic heterocycles. The number of hydrogen-bond acceptors (Lipinski definition) is 4. The quantitative estimate of drug-likeness (QED) is 0.896. The van der Waals surface area contributed by atoms with E-state index in [4.69, 9.17) is 5.73 Å². The summed E-state index contributed by atoms with van der Waals surface area (Å²) < 4.78 is 4.01. The van der Waals surface area contributed by atoms with Crippen molar-refractivity contribution in [2.75, 3.05) is 25.4 Å². The van der Waals surface area contributed by atoms with Crippen LogP contribution in [0.4, 0.5) is 5.95 Å². The van der Waals surface area contributed by atoms with E-state index >= 15 is 0 Å². The number of aromatic nitrogens is 4. The van der Waals surface area contributed by atoms with Crippen LogP contribution in [0.1, 0.15) is 19.0 Å². The summed E-state index contributed by atoms with van der Waals surface area (Å²) in [5, 5.41) is 4.43. The summed E-state index contributed by atoms with van der Waals surface area (Å²) in [7, 11) is 1.96. The molecule has 0 amide bonds. The van der Waals surface area contributed by atoms with Crippen molar-refractivity contribution in [3.8, 4) is 0 Å². The molecule has 2 aromatic heterocycles. The highest BCUT2D eigenvalue weighted by atomic mass is 15.3. The molecule has 0 saturated carbocycles. The van der Waals surface area contributed by atoms with E-state index in [9.17, 15) is 0 Å². The monoisotopic (exact) mass is 262 g/mol. The van der Waals surface area contributed by atoms with E-state index in [0.717, 1.165) is 36.5 Å². The number of likely N-dealkylation sites (tertiary alicyclic amines) is 1. The van der Waals surface area contributed by atoms with Gasteiger partial charge in [0.1, 0.15) is 5.52 Å². The molecular formula is C13H22N6. The molecule has 2 aromatic rings. The number of imidazole rings is 1. The van der Waals surface area contributed by atoms with Gasteiger partial charge in [0, 0.05) is 20.1 Å². The van der Waals surface area contributed by atoms with E-state index in [-0.39, 0.29) is 0 Å². The minimum absolute atomic E-state index is 0.612. The molecule has 1 fully saturated rings. The predicted molar refractivity (Wildman–Crippen MR) is 75.9 cm³/mol. The topological polar surface area (TPSA) is 64.9 Å². The van der Waals surface area contributed by atoms with E-state index in [1.807, 2.05) is 18.7 Å². The zero-order valence-electron chi connectivity index (χ0n) is 11.9. The van der Waals surface area contributed by atoms with Crippen LogP contribution in [0.25, 0.3) is 11.2 Å². The number of anilines is 1. The van der Waals surface area contributed by atoms with Crippen molar-refractivity contribution in [3.63, 3.8) is 0 Å². The van der Waals surface area contributed by atoms with Gasteiger partial charge in [0.25, 0.3) is 0 Å². The summed E-state index contributed by atoms with van der Waals surface area (Å²) in [6.07, 6.45) is 1.24. The highest BCUT2D eigenvalue weighted by Crippen LogP contribution is 2.24. The SMILES string of the molecule is CCN1CCC(Cn2c(N)nc3c(C)nn(C)c32)C1. The maximum absolute atomic E-state index is 6.08. The lowest BCUT2D eigenvalue weighted by Crippen LogP contribution is -2.22. The maximum atomic E-state index is 6.08. The average molecular weight is 262 g/mol. The molecule has 0 radical (unpaired) electrons. The van der Waals surface area contributed by atoms with Crippen molar-refractivity contribution in [2.45, 2.75) is 26.8 Å². The van der Waals surface area contributed by atoms with Crippen LogP contribution in [0.2, 0.25) is 0 Å². The minimum atomic E-state index is 0.612. The number of fused-ring (bicyclic) bond motifs is 1. The van der Waals surface area contributed by atoms with Crippen molar-refractivity contribution in [1.29, 1.82) is 0 Å². The van der Waals surface area contributed by atoms with E-state index in [2.05, 4.69) is 26.5 Å². The van der Waals surface area contributed by atoms with Crippen LogP contribution >= 0.6 is 0 Å². The van der Waals surface area contributed by atoms with Crippen molar-refractivity contribution in [3.05, 3.63) is 5.69 Å². The van der Waals surface area contributed by atoms with Gasteiger partial charge in [-0.05, 0) is 32.4 Å². The summed E-state index contributed by atoms with van der Waals surface area (Å²) in [6, 6.07) is 0. The van der Waals surface area contributed by atoms with Crippen LogP contribution in [-0.4, -0.2) is 43.9 Å². The Hall–Kier alpha value is -1.56. The lowest BCUT2D eigenvalue weighted by atomic mass is 10.1. The molecule has 1 saturated heterocycles. The Morgan fingerprint density at radius 1 is 1.42 bits per heavy atom. The first-order chi connectivity index (χ1) is 9.10. The second kappa shape index (κ2) is 4.52.